The lowest BCUT2D eigenvalue weighted by atomic mass is 9.95. The number of piperidine rings is 1. The molecule has 0 saturated carbocycles. The fourth-order valence-electron chi connectivity index (χ4n) is 4.91. The van der Waals surface area contributed by atoms with Gasteiger partial charge in [0.05, 0.1) is 6.61 Å². The number of fused-ring (bicyclic) bond motifs is 1. The molecule has 29 heavy (non-hydrogen) atoms. The Morgan fingerprint density at radius 2 is 2.00 bits per heavy atom. The van der Waals surface area contributed by atoms with E-state index in [0.29, 0.717) is 30.8 Å². The number of rotatable bonds is 7. The standard InChI is InChI=1S/C23H32N4O2/c1-25-22(9-10-24-25)23(28)27(12-13-29-2)17-18-6-5-11-26(16-18)21-14-19-7-3-4-8-20(19)15-21/h3-4,7-10,18,21H,5-6,11-17H2,1-2H3. The minimum atomic E-state index is 0.0486. The maximum atomic E-state index is 13.1. The number of amides is 1. The van der Waals surface area contributed by atoms with Crippen molar-refractivity contribution < 1.29 is 9.53 Å². The van der Waals surface area contributed by atoms with Crippen LogP contribution in [0.25, 0.3) is 0 Å². The van der Waals surface area contributed by atoms with Crippen LogP contribution in [-0.4, -0.2) is 71.4 Å². The van der Waals surface area contributed by atoms with E-state index in [4.69, 9.17) is 4.74 Å². The van der Waals surface area contributed by atoms with Gasteiger partial charge in [0.25, 0.3) is 5.91 Å². The summed E-state index contributed by atoms with van der Waals surface area (Å²) in [5.74, 6) is 0.550. The van der Waals surface area contributed by atoms with Gasteiger partial charge >= 0.3 is 0 Å². The number of benzene rings is 1. The number of nitrogens with zero attached hydrogens (tertiary/aromatic N) is 4. The van der Waals surface area contributed by atoms with Gasteiger partial charge in [0.2, 0.25) is 0 Å². The second-order valence-corrected chi connectivity index (χ2v) is 8.42. The summed E-state index contributed by atoms with van der Waals surface area (Å²) >= 11 is 0. The molecule has 0 spiro atoms. The molecule has 1 amide bonds. The van der Waals surface area contributed by atoms with Crippen LogP contribution in [0.1, 0.15) is 34.5 Å². The summed E-state index contributed by atoms with van der Waals surface area (Å²) < 4.78 is 6.93. The van der Waals surface area contributed by atoms with Crippen molar-refractivity contribution in [2.24, 2.45) is 13.0 Å². The second-order valence-electron chi connectivity index (χ2n) is 8.42. The molecule has 0 N–H and O–H groups in total. The van der Waals surface area contributed by atoms with Crippen molar-refractivity contribution in [2.45, 2.75) is 31.7 Å². The maximum absolute atomic E-state index is 13.1. The second kappa shape index (κ2) is 9.09. The van der Waals surface area contributed by atoms with Crippen LogP contribution in [0.4, 0.5) is 0 Å². The third-order valence-corrected chi connectivity index (χ3v) is 6.47. The van der Waals surface area contributed by atoms with Crippen LogP contribution < -0.4 is 0 Å². The van der Waals surface area contributed by atoms with E-state index in [2.05, 4.69) is 34.3 Å². The van der Waals surface area contributed by atoms with Crippen molar-refractivity contribution in [3.05, 3.63) is 53.3 Å². The molecule has 1 unspecified atom stereocenters. The van der Waals surface area contributed by atoms with E-state index in [1.54, 1.807) is 24.1 Å². The Bertz CT molecular complexity index is 809. The molecule has 1 aliphatic carbocycles. The summed E-state index contributed by atoms with van der Waals surface area (Å²) in [7, 11) is 3.51. The highest BCUT2D eigenvalue weighted by molar-refractivity contribution is 5.92. The number of methoxy groups -OCH3 is 1. The van der Waals surface area contributed by atoms with E-state index in [-0.39, 0.29) is 5.91 Å². The summed E-state index contributed by atoms with van der Waals surface area (Å²) in [6.07, 6.45) is 6.38. The zero-order valence-electron chi connectivity index (χ0n) is 17.6. The topological polar surface area (TPSA) is 50.6 Å². The molecule has 2 heterocycles. The summed E-state index contributed by atoms with van der Waals surface area (Å²) in [6, 6.07) is 11.3. The molecule has 2 aliphatic rings. The van der Waals surface area contributed by atoms with Gasteiger partial charge in [-0.3, -0.25) is 14.4 Å². The molecule has 1 atom stereocenters. The Balaban J connectivity index is 1.40. The molecule has 0 radical (unpaired) electrons. The predicted molar refractivity (Wildman–Crippen MR) is 113 cm³/mol. The first-order valence-corrected chi connectivity index (χ1v) is 10.7. The maximum Gasteiger partial charge on any atom is 0.272 e. The molecule has 4 rings (SSSR count). The van der Waals surface area contributed by atoms with Crippen molar-refractivity contribution >= 4 is 5.91 Å². The zero-order chi connectivity index (χ0) is 20.2. The lowest BCUT2D eigenvalue weighted by Crippen LogP contribution is -2.47. The van der Waals surface area contributed by atoms with Crippen molar-refractivity contribution in [1.82, 2.24) is 19.6 Å². The first-order chi connectivity index (χ1) is 14.2. The van der Waals surface area contributed by atoms with Gasteiger partial charge in [-0.25, -0.2) is 0 Å². The molecule has 1 fully saturated rings. The highest BCUT2D eigenvalue weighted by Crippen LogP contribution is 2.29. The fourth-order valence-corrected chi connectivity index (χ4v) is 4.91. The Morgan fingerprint density at radius 1 is 1.24 bits per heavy atom. The number of hydrogen-bond acceptors (Lipinski definition) is 4. The highest BCUT2D eigenvalue weighted by atomic mass is 16.5. The zero-order valence-corrected chi connectivity index (χ0v) is 17.6. The van der Waals surface area contributed by atoms with Crippen molar-refractivity contribution in [3.8, 4) is 0 Å². The largest absolute Gasteiger partial charge is 0.383 e. The third kappa shape index (κ3) is 4.54. The smallest absolute Gasteiger partial charge is 0.272 e. The van der Waals surface area contributed by atoms with Gasteiger partial charge in [-0.15, -0.1) is 0 Å². The van der Waals surface area contributed by atoms with Crippen LogP contribution >= 0.6 is 0 Å². The lowest BCUT2D eigenvalue weighted by molar-refractivity contribution is 0.0564. The number of aromatic nitrogens is 2. The quantitative estimate of drug-likeness (QED) is 0.721. The van der Waals surface area contributed by atoms with Gasteiger partial charge in [-0.1, -0.05) is 24.3 Å². The van der Waals surface area contributed by atoms with Gasteiger partial charge in [0, 0.05) is 46.0 Å². The van der Waals surface area contributed by atoms with Crippen LogP contribution in [0, 0.1) is 5.92 Å². The Labute approximate surface area is 173 Å². The monoisotopic (exact) mass is 396 g/mol. The average molecular weight is 397 g/mol. The molecule has 1 aliphatic heterocycles. The van der Waals surface area contributed by atoms with E-state index in [9.17, 15) is 4.79 Å². The van der Waals surface area contributed by atoms with Gasteiger partial charge in [0.15, 0.2) is 0 Å². The Morgan fingerprint density at radius 3 is 2.66 bits per heavy atom. The van der Waals surface area contributed by atoms with E-state index < -0.39 is 0 Å². The predicted octanol–water partition coefficient (Wildman–Crippen LogP) is 2.39. The average Bonchev–Trinajstić information content (AvgIpc) is 3.37. The number of carbonyl (C=O) groups is 1. The molecule has 6 nitrogen and oxygen atoms in total. The molecule has 1 saturated heterocycles. The molecule has 1 aromatic heterocycles. The molecule has 156 valence electrons. The SMILES string of the molecule is COCCN(CC1CCCN(C2Cc3ccccc3C2)C1)C(=O)c1ccnn1C. The van der Waals surface area contributed by atoms with Gasteiger partial charge in [-0.05, 0) is 55.3 Å². The number of ether oxygens (including phenoxy) is 1. The summed E-state index contributed by atoms with van der Waals surface area (Å²) in [4.78, 5) is 17.7. The first-order valence-electron chi connectivity index (χ1n) is 10.7. The number of hydrogen-bond donors (Lipinski definition) is 0. The number of likely N-dealkylation sites (tertiary alicyclic amines) is 1. The number of carbonyl (C=O) groups excluding carboxylic acids is 1. The fraction of sp³-hybridized carbons (Fsp3) is 0.565. The molecule has 2 aromatic rings. The van der Waals surface area contributed by atoms with Crippen LogP contribution in [-0.2, 0) is 24.6 Å². The molecular weight excluding hydrogens is 364 g/mol. The molecular formula is C23H32N4O2. The van der Waals surface area contributed by atoms with Gasteiger partial charge in [-0.2, -0.15) is 5.10 Å². The van der Waals surface area contributed by atoms with Crippen LogP contribution in [0.3, 0.4) is 0 Å². The van der Waals surface area contributed by atoms with E-state index in [1.807, 2.05) is 11.9 Å². The van der Waals surface area contributed by atoms with Crippen LogP contribution in [0.15, 0.2) is 36.5 Å². The number of aryl methyl sites for hydroxylation is 1. The Kier molecular flexibility index (Phi) is 6.31. The van der Waals surface area contributed by atoms with Crippen LogP contribution in [0.2, 0.25) is 0 Å². The van der Waals surface area contributed by atoms with Crippen LogP contribution in [0.5, 0.6) is 0 Å². The van der Waals surface area contributed by atoms with Crippen molar-refractivity contribution in [1.29, 1.82) is 0 Å². The third-order valence-electron chi connectivity index (χ3n) is 6.47. The minimum absolute atomic E-state index is 0.0486. The molecule has 1 aromatic carbocycles. The molecule has 6 heteroatoms. The minimum Gasteiger partial charge on any atom is -0.383 e. The summed E-state index contributed by atoms with van der Waals surface area (Å²) in [5.41, 5.74) is 3.65. The summed E-state index contributed by atoms with van der Waals surface area (Å²) in [5, 5.41) is 4.16. The normalized spacial score (nSPS) is 20.0. The van der Waals surface area contributed by atoms with Gasteiger partial charge < -0.3 is 9.64 Å². The van der Waals surface area contributed by atoms with Crippen molar-refractivity contribution in [2.75, 3.05) is 39.9 Å². The summed E-state index contributed by atoms with van der Waals surface area (Å²) in [6.45, 7) is 4.19. The highest BCUT2D eigenvalue weighted by Gasteiger charge is 2.32. The first kappa shape index (κ1) is 20.1. The van der Waals surface area contributed by atoms with E-state index in [0.717, 1.165) is 25.9 Å². The van der Waals surface area contributed by atoms with Gasteiger partial charge in [0.1, 0.15) is 5.69 Å². The lowest BCUT2D eigenvalue weighted by Gasteiger charge is -2.38. The van der Waals surface area contributed by atoms with Crippen molar-refractivity contribution in [3.63, 3.8) is 0 Å². The molecule has 0 bridgehead atoms. The Hall–Kier alpha value is -2.18. The van der Waals surface area contributed by atoms with E-state index >= 15 is 0 Å². The van der Waals surface area contributed by atoms with E-state index in [1.165, 1.54) is 30.5 Å².